The largest absolute Gasteiger partial charge is 0.490 e. The lowest BCUT2D eigenvalue weighted by Gasteiger charge is -2.42. The van der Waals surface area contributed by atoms with Crippen LogP contribution in [0, 0.1) is 0 Å². The molecule has 1 aliphatic heterocycles. The minimum atomic E-state index is -0.380. The molecule has 0 radical (unpaired) electrons. The molecule has 1 heterocycles. The molecular weight excluding hydrogens is 554 g/mol. The molecule has 0 saturated heterocycles. The Hall–Kier alpha value is -3.38. The standard InChI is InChI=1S/C33H32BrNO4/c1-3-38-29-18-22(17-24(34)33(29)39-19-21-11-6-10-20-9-4-5-12-23(20)21)30-31-25(13-7-15-27(31)36)35(2)26-14-8-16-28(37)32(26)30/h4-6,9-12,17-18,30H,3,7-8,13-16,19H2,1-2H3. The predicted octanol–water partition coefficient (Wildman–Crippen LogP) is 7.62. The third-order valence-electron chi connectivity index (χ3n) is 8.16. The molecule has 0 amide bonds. The maximum Gasteiger partial charge on any atom is 0.175 e. The first kappa shape index (κ1) is 25.9. The molecule has 0 N–H and O–H groups in total. The Bertz CT molecular complexity index is 1500. The van der Waals surface area contributed by atoms with E-state index in [9.17, 15) is 9.59 Å². The summed E-state index contributed by atoms with van der Waals surface area (Å²) in [5.74, 6) is 1.13. The molecule has 0 bridgehead atoms. The van der Waals surface area contributed by atoms with Gasteiger partial charge in [0, 0.05) is 48.3 Å². The van der Waals surface area contributed by atoms with Gasteiger partial charge in [-0.25, -0.2) is 0 Å². The zero-order chi connectivity index (χ0) is 27.1. The summed E-state index contributed by atoms with van der Waals surface area (Å²) in [4.78, 5) is 28.9. The molecule has 5 nitrogen and oxygen atoms in total. The fourth-order valence-corrected chi connectivity index (χ4v) is 6.99. The lowest BCUT2D eigenvalue weighted by atomic mass is 9.71. The van der Waals surface area contributed by atoms with E-state index >= 15 is 0 Å². The molecule has 2 aliphatic carbocycles. The molecule has 3 aromatic carbocycles. The number of allylic oxidation sites excluding steroid dienone is 4. The van der Waals surface area contributed by atoms with Crippen molar-refractivity contribution < 1.29 is 19.1 Å². The van der Waals surface area contributed by atoms with Crippen LogP contribution in [-0.4, -0.2) is 30.1 Å². The van der Waals surface area contributed by atoms with E-state index in [1.54, 1.807) is 0 Å². The Morgan fingerprint density at radius 2 is 1.54 bits per heavy atom. The van der Waals surface area contributed by atoms with Gasteiger partial charge in [0.25, 0.3) is 0 Å². The van der Waals surface area contributed by atoms with Crippen molar-refractivity contribution in [2.75, 3.05) is 13.7 Å². The van der Waals surface area contributed by atoms with Gasteiger partial charge in [-0.2, -0.15) is 0 Å². The average Bonchev–Trinajstić information content (AvgIpc) is 2.94. The first-order valence-electron chi connectivity index (χ1n) is 13.8. The highest BCUT2D eigenvalue weighted by atomic mass is 79.9. The van der Waals surface area contributed by atoms with Crippen molar-refractivity contribution >= 4 is 38.3 Å². The van der Waals surface area contributed by atoms with E-state index in [2.05, 4.69) is 45.1 Å². The summed E-state index contributed by atoms with van der Waals surface area (Å²) in [6, 6.07) is 18.5. The van der Waals surface area contributed by atoms with Gasteiger partial charge in [-0.1, -0.05) is 42.5 Å². The molecule has 0 unspecified atom stereocenters. The normalized spacial score (nSPS) is 18.0. The van der Waals surface area contributed by atoms with E-state index in [1.807, 2.05) is 44.3 Å². The molecule has 0 fully saturated rings. The first-order valence-corrected chi connectivity index (χ1v) is 14.6. The van der Waals surface area contributed by atoms with Gasteiger partial charge in [0.05, 0.1) is 11.1 Å². The van der Waals surface area contributed by atoms with Crippen LogP contribution in [0.3, 0.4) is 0 Å². The van der Waals surface area contributed by atoms with Crippen LogP contribution in [-0.2, 0) is 16.2 Å². The summed E-state index contributed by atoms with van der Waals surface area (Å²) >= 11 is 3.76. The Balaban J connectivity index is 1.43. The van der Waals surface area contributed by atoms with Crippen molar-refractivity contribution in [1.29, 1.82) is 0 Å². The van der Waals surface area contributed by atoms with Crippen molar-refractivity contribution in [3.05, 3.63) is 92.7 Å². The quantitative estimate of drug-likeness (QED) is 0.298. The lowest BCUT2D eigenvalue weighted by molar-refractivity contribution is -0.117. The molecule has 0 aromatic heterocycles. The zero-order valence-electron chi connectivity index (χ0n) is 22.4. The number of Topliss-reactive ketones (excluding diaryl/α,β-unsaturated/α-hetero) is 2. The van der Waals surface area contributed by atoms with Crippen molar-refractivity contribution in [3.63, 3.8) is 0 Å². The second-order valence-electron chi connectivity index (χ2n) is 10.5. The third kappa shape index (κ3) is 4.59. The number of halogens is 1. The minimum absolute atomic E-state index is 0.142. The van der Waals surface area contributed by atoms with Crippen LogP contribution in [0.1, 0.15) is 62.5 Å². The third-order valence-corrected chi connectivity index (χ3v) is 8.75. The fourth-order valence-electron chi connectivity index (χ4n) is 6.41. The molecule has 0 atom stereocenters. The average molecular weight is 587 g/mol. The van der Waals surface area contributed by atoms with Gasteiger partial charge in [0.2, 0.25) is 0 Å². The van der Waals surface area contributed by atoms with Crippen LogP contribution < -0.4 is 9.47 Å². The molecule has 200 valence electrons. The van der Waals surface area contributed by atoms with Crippen molar-refractivity contribution in [3.8, 4) is 11.5 Å². The zero-order valence-corrected chi connectivity index (χ0v) is 24.0. The molecule has 0 spiro atoms. The predicted molar refractivity (Wildman–Crippen MR) is 156 cm³/mol. The van der Waals surface area contributed by atoms with Gasteiger partial charge < -0.3 is 14.4 Å². The van der Waals surface area contributed by atoms with E-state index in [-0.39, 0.29) is 17.5 Å². The Morgan fingerprint density at radius 3 is 2.23 bits per heavy atom. The van der Waals surface area contributed by atoms with Gasteiger partial charge >= 0.3 is 0 Å². The summed E-state index contributed by atoms with van der Waals surface area (Å²) in [5, 5.41) is 2.32. The van der Waals surface area contributed by atoms with Crippen LogP contribution in [0.25, 0.3) is 10.8 Å². The number of fused-ring (bicyclic) bond motifs is 1. The van der Waals surface area contributed by atoms with Crippen LogP contribution in [0.2, 0.25) is 0 Å². The van der Waals surface area contributed by atoms with E-state index in [4.69, 9.17) is 9.47 Å². The minimum Gasteiger partial charge on any atom is -0.490 e. The number of carbonyl (C=O) groups excluding carboxylic acids is 2. The summed E-state index contributed by atoms with van der Waals surface area (Å²) in [7, 11) is 2.02. The van der Waals surface area contributed by atoms with E-state index < -0.39 is 0 Å². The summed E-state index contributed by atoms with van der Waals surface area (Å²) in [6.45, 7) is 2.80. The number of carbonyl (C=O) groups is 2. The van der Waals surface area contributed by atoms with Crippen LogP contribution >= 0.6 is 15.9 Å². The summed E-state index contributed by atoms with van der Waals surface area (Å²) in [5.41, 5.74) is 5.66. The van der Waals surface area contributed by atoms with Gasteiger partial charge in [-0.05, 0) is 82.6 Å². The number of ether oxygens (including phenoxy) is 2. The van der Waals surface area contributed by atoms with Crippen molar-refractivity contribution in [1.82, 2.24) is 4.90 Å². The number of rotatable bonds is 6. The van der Waals surface area contributed by atoms with Crippen molar-refractivity contribution in [2.45, 2.75) is 58.0 Å². The van der Waals surface area contributed by atoms with Gasteiger partial charge in [-0.3, -0.25) is 9.59 Å². The van der Waals surface area contributed by atoms with Gasteiger partial charge in [0.1, 0.15) is 6.61 Å². The number of ketones is 2. The molecular formula is C33H32BrNO4. The number of hydrogen-bond donors (Lipinski definition) is 0. The fraction of sp³-hybridized carbons (Fsp3) is 0.333. The first-order chi connectivity index (χ1) is 19.0. The Morgan fingerprint density at radius 1 is 0.872 bits per heavy atom. The summed E-state index contributed by atoms with van der Waals surface area (Å²) in [6.07, 6.45) is 4.44. The van der Waals surface area contributed by atoms with Gasteiger partial charge in [0.15, 0.2) is 23.1 Å². The maximum absolute atomic E-state index is 13.4. The van der Waals surface area contributed by atoms with Gasteiger partial charge in [-0.15, -0.1) is 0 Å². The highest BCUT2D eigenvalue weighted by molar-refractivity contribution is 9.10. The van der Waals surface area contributed by atoms with Crippen molar-refractivity contribution in [2.24, 2.45) is 0 Å². The molecule has 3 aliphatic rings. The molecule has 6 rings (SSSR count). The van der Waals surface area contributed by atoms with E-state index in [0.717, 1.165) is 69.2 Å². The maximum atomic E-state index is 13.4. The summed E-state index contributed by atoms with van der Waals surface area (Å²) < 4.78 is 13.2. The van der Waals surface area contributed by atoms with Crippen LogP contribution in [0.15, 0.2) is 81.6 Å². The van der Waals surface area contributed by atoms with Crippen LogP contribution in [0.5, 0.6) is 11.5 Å². The molecule has 6 heteroatoms. The second-order valence-corrected chi connectivity index (χ2v) is 11.3. The lowest BCUT2D eigenvalue weighted by Crippen LogP contribution is -2.37. The highest BCUT2D eigenvalue weighted by Crippen LogP contribution is 2.50. The Kier molecular flexibility index (Phi) is 7.06. The SMILES string of the molecule is CCOc1cc(C2C3=C(CCCC3=O)N(C)C3=C2C(=O)CCC3)cc(Br)c1OCc1cccc2ccccc12. The highest BCUT2D eigenvalue weighted by Gasteiger charge is 2.42. The van der Waals surface area contributed by atoms with E-state index in [0.29, 0.717) is 37.6 Å². The molecule has 3 aromatic rings. The number of hydrogen-bond acceptors (Lipinski definition) is 5. The van der Waals surface area contributed by atoms with Crippen LogP contribution in [0.4, 0.5) is 0 Å². The Labute approximate surface area is 237 Å². The topological polar surface area (TPSA) is 55.8 Å². The molecule has 39 heavy (non-hydrogen) atoms. The second kappa shape index (κ2) is 10.6. The number of nitrogens with zero attached hydrogens (tertiary/aromatic N) is 1. The van der Waals surface area contributed by atoms with E-state index in [1.165, 1.54) is 5.39 Å². The molecule has 0 saturated carbocycles. The number of benzene rings is 3. The smallest absolute Gasteiger partial charge is 0.175 e. The monoisotopic (exact) mass is 585 g/mol.